The van der Waals surface area contributed by atoms with Crippen molar-refractivity contribution in [2.24, 2.45) is 0 Å². The lowest BCUT2D eigenvalue weighted by molar-refractivity contribution is -0.385. The largest absolute Gasteiger partial charge is 0.481 e. The Balaban J connectivity index is 0.000000313. The highest BCUT2D eigenvalue weighted by Crippen LogP contribution is 2.37. The van der Waals surface area contributed by atoms with E-state index in [2.05, 4.69) is 15.0 Å². The molecule has 4 rings (SSSR count). The van der Waals surface area contributed by atoms with Gasteiger partial charge in [0.15, 0.2) is 11.1 Å². The van der Waals surface area contributed by atoms with E-state index in [-0.39, 0.29) is 34.9 Å². The zero-order valence-electron chi connectivity index (χ0n) is 29.8. The summed E-state index contributed by atoms with van der Waals surface area (Å²) < 4.78 is 127. The molecular weight excluding hydrogens is 842 g/mol. The summed E-state index contributed by atoms with van der Waals surface area (Å²) in [4.78, 5) is 56.9. The van der Waals surface area contributed by atoms with Crippen LogP contribution < -0.4 is 24.2 Å². The number of pyridine rings is 1. The number of carbonyl (C=O) groups excluding carboxylic acids is 3. The fourth-order valence-electron chi connectivity index (χ4n) is 4.11. The Morgan fingerprint density at radius 3 is 2.12 bits per heavy atom. The van der Waals surface area contributed by atoms with Gasteiger partial charge in [0.2, 0.25) is 17.7 Å². The minimum atomic E-state index is -4.99. The van der Waals surface area contributed by atoms with E-state index in [0.29, 0.717) is 12.1 Å². The molecule has 2 heterocycles. The first kappa shape index (κ1) is 45.9. The molecule has 2 N–H and O–H groups in total. The smallest absolute Gasteiger partial charge is 0.419 e. The maximum absolute atomic E-state index is 12.9. The van der Waals surface area contributed by atoms with E-state index in [0.717, 1.165) is 42.6 Å². The van der Waals surface area contributed by atoms with Crippen LogP contribution in [0.15, 0.2) is 65.8 Å². The van der Waals surface area contributed by atoms with Crippen molar-refractivity contribution >= 4 is 51.2 Å². The van der Waals surface area contributed by atoms with Gasteiger partial charge in [-0.05, 0) is 50.2 Å². The Morgan fingerprint density at radius 1 is 0.948 bits per heavy atom. The first-order valence-electron chi connectivity index (χ1n) is 15.5. The number of nitrogens with one attached hydrogen (secondary N) is 2. The number of carbonyl (C=O) groups is 3. The lowest BCUT2D eigenvalue weighted by Gasteiger charge is -2.13. The Bertz CT molecular complexity index is 2260. The van der Waals surface area contributed by atoms with Crippen LogP contribution in [-0.2, 0) is 36.6 Å². The average molecular weight is 869 g/mol. The molecule has 18 nitrogen and oxygen atoms in total. The number of ether oxygens (including phenoxy) is 5. The first-order valence-corrected chi connectivity index (χ1v) is 17.4. The maximum atomic E-state index is 12.9. The van der Waals surface area contributed by atoms with Gasteiger partial charge in [-0.1, -0.05) is 11.6 Å². The number of nitrogens with zero attached hydrogens (tertiary/aromatic N) is 4. The van der Waals surface area contributed by atoms with Gasteiger partial charge in [-0.25, -0.2) is 24.1 Å². The molecule has 0 aliphatic heterocycles. The monoisotopic (exact) mass is 868 g/mol. The van der Waals surface area contributed by atoms with Crippen LogP contribution in [-0.4, -0.2) is 73.2 Å². The molecular formula is C32H27ClF6N6O12S. The molecule has 1 atom stereocenters. The molecule has 58 heavy (non-hydrogen) atoms. The number of sulfonamides is 1. The van der Waals surface area contributed by atoms with Crippen molar-refractivity contribution < 1.29 is 77.8 Å². The summed E-state index contributed by atoms with van der Waals surface area (Å²) in [7, 11) is -2.39. The molecule has 0 fully saturated rings. The number of hydrogen-bond donors (Lipinski definition) is 2. The van der Waals surface area contributed by atoms with Gasteiger partial charge in [0, 0.05) is 18.3 Å². The summed E-state index contributed by atoms with van der Waals surface area (Å²) in [6.45, 7) is 2.81. The topological polar surface area (TPSA) is 237 Å². The van der Waals surface area contributed by atoms with Crippen molar-refractivity contribution in [1.29, 1.82) is 0 Å². The molecule has 2 aromatic carbocycles. The second kappa shape index (κ2) is 19.1. The predicted molar refractivity (Wildman–Crippen MR) is 185 cm³/mol. The first-order chi connectivity index (χ1) is 27.0. The van der Waals surface area contributed by atoms with Gasteiger partial charge >= 0.3 is 30.3 Å². The van der Waals surface area contributed by atoms with Crippen molar-refractivity contribution in [3.05, 3.63) is 92.6 Å². The lowest BCUT2D eigenvalue weighted by Crippen LogP contribution is -2.36. The molecule has 2 amide bonds. The third-order valence-corrected chi connectivity index (χ3v) is 8.24. The van der Waals surface area contributed by atoms with Crippen LogP contribution in [0, 0.1) is 10.1 Å². The van der Waals surface area contributed by atoms with E-state index in [4.69, 9.17) is 35.3 Å². The lowest BCUT2D eigenvalue weighted by atomic mass is 10.1. The third kappa shape index (κ3) is 12.5. The molecule has 312 valence electrons. The zero-order chi connectivity index (χ0) is 43.6. The second-order valence-electron chi connectivity index (χ2n) is 10.7. The highest BCUT2D eigenvalue weighted by molar-refractivity contribution is 7.90. The summed E-state index contributed by atoms with van der Waals surface area (Å²) in [5.74, 6) is -2.78. The van der Waals surface area contributed by atoms with Crippen LogP contribution >= 0.6 is 11.6 Å². The number of anilines is 1. The minimum absolute atomic E-state index is 0.0101. The number of alkyl halides is 6. The Morgan fingerprint density at radius 2 is 1.59 bits per heavy atom. The SMILES string of the molecule is CCOC(=O)C(C)OC(=O)c1cc(Oc2ccc(C(F)(F)F)cc2Cl)ccc1[N+](=O)[O-].COc1cc(OC)nc(NC(=O)NS(=O)(=O)c2ncccc2C(F)(F)F)n1. The fraction of sp³-hybridized carbons (Fsp3) is 0.250. The third-order valence-electron chi connectivity index (χ3n) is 6.65. The van der Waals surface area contributed by atoms with Crippen LogP contribution in [0.5, 0.6) is 23.3 Å². The van der Waals surface area contributed by atoms with Gasteiger partial charge in [0.1, 0.15) is 17.1 Å². The Kier molecular flexibility index (Phi) is 15.1. The molecule has 0 aliphatic rings. The van der Waals surface area contributed by atoms with Gasteiger partial charge in [-0.2, -0.15) is 44.7 Å². The van der Waals surface area contributed by atoms with Crippen molar-refractivity contribution in [2.75, 3.05) is 26.1 Å². The number of amides is 2. The van der Waals surface area contributed by atoms with Gasteiger partial charge in [0.05, 0.1) is 48.0 Å². The normalized spacial score (nSPS) is 11.8. The minimum Gasteiger partial charge on any atom is -0.481 e. The van der Waals surface area contributed by atoms with Crippen molar-refractivity contribution in [3.8, 4) is 23.3 Å². The number of methoxy groups -OCH3 is 2. The average Bonchev–Trinajstić information content (AvgIpc) is 3.14. The molecule has 2 aromatic heterocycles. The van der Waals surface area contributed by atoms with E-state index in [1.54, 1.807) is 6.92 Å². The molecule has 1 unspecified atom stereocenters. The van der Waals surface area contributed by atoms with Crippen LogP contribution in [0.2, 0.25) is 5.02 Å². The summed E-state index contributed by atoms with van der Waals surface area (Å²) in [5, 5.41) is 11.5. The predicted octanol–water partition coefficient (Wildman–Crippen LogP) is 6.59. The number of halogens is 7. The molecule has 0 bridgehead atoms. The Labute approximate surface area is 327 Å². The van der Waals surface area contributed by atoms with Crippen LogP contribution in [0.1, 0.15) is 35.3 Å². The fourth-order valence-corrected chi connectivity index (χ4v) is 5.39. The number of esters is 2. The Hall–Kier alpha value is -6.50. The van der Waals surface area contributed by atoms with Crippen LogP contribution in [0.4, 0.5) is 42.8 Å². The van der Waals surface area contributed by atoms with Crippen LogP contribution in [0.25, 0.3) is 0 Å². The highest BCUT2D eigenvalue weighted by Gasteiger charge is 2.39. The zero-order valence-corrected chi connectivity index (χ0v) is 31.4. The summed E-state index contributed by atoms with van der Waals surface area (Å²) >= 11 is 5.83. The van der Waals surface area contributed by atoms with Crippen LogP contribution in [0.3, 0.4) is 0 Å². The summed E-state index contributed by atoms with van der Waals surface area (Å²) in [6.07, 6.45) is -10.1. The quantitative estimate of drug-likeness (QED) is 0.0661. The number of nitro benzene ring substituents is 1. The second-order valence-corrected chi connectivity index (χ2v) is 12.7. The van der Waals surface area contributed by atoms with Gasteiger partial charge in [-0.15, -0.1) is 0 Å². The molecule has 0 radical (unpaired) electrons. The summed E-state index contributed by atoms with van der Waals surface area (Å²) in [5.41, 5.74) is -3.69. The number of rotatable bonds is 12. The van der Waals surface area contributed by atoms with E-state index in [1.165, 1.54) is 31.9 Å². The standard InChI is InChI=1S/C19H15ClF3NO7.C13H12F3N5O5S/c1-3-29-17(25)10(2)30-18(26)13-9-12(5-6-15(13)24(27)28)31-16-7-4-11(8-14(16)20)19(21,22)23;1-25-8-6-9(26-2)19-11(18-8)20-12(22)21-27(23,24)10-7(13(14,15)16)4-3-5-17-10/h4-10H,3H2,1-2H3;3-6H,1-2H3,(H2,18,19,20,21,22). The molecule has 4 aromatic rings. The number of aromatic nitrogens is 3. The summed E-state index contributed by atoms with van der Waals surface area (Å²) in [6, 6.07) is 6.68. The number of nitro groups is 1. The molecule has 26 heteroatoms. The van der Waals surface area contributed by atoms with Crippen molar-refractivity contribution in [1.82, 2.24) is 19.7 Å². The van der Waals surface area contributed by atoms with E-state index < -0.39 is 84.7 Å². The van der Waals surface area contributed by atoms with Crippen molar-refractivity contribution in [3.63, 3.8) is 0 Å². The van der Waals surface area contributed by atoms with E-state index in [9.17, 15) is 59.3 Å². The van der Waals surface area contributed by atoms with Crippen molar-refractivity contribution in [2.45, 2.75) is 37.3 Å². The van der Waals surface area contributed by atoms with Gasteiger partial charge in [0.25, 0.3) is 15.7 Å². The van der Waals surface area contributed by atoms with E-state index in [1.807, 2.05) is 5.32 Å². The highest BCUT2D eigenvalue weighted by atomic mass is 35.5. The molecule has 0 aliphatic carbocycles. The molecule has 0 saturated carbocycles. The number of hydrogen-bond acceptors (Lipinski definition) is 15. The molecule has 0 spiro atoms. The van der Waals surface area contributed by atoms with Gasteiger partial charge in [-0.3, -0.25) is 15.4 Å². The molecule has 0 saturated heterocycles. The van der Waals surface area contributed by atoms with Gasteiger partial charge < -0.3 is 23.7 Å². The van der Waals surface area contributed by atoms with E-state index >= 15 is 0 Å². The number of benzene rings is 2. The maximum Gasteiger partial charge on any atom is 0.419 e. The number of urea groups is 1.